The van der Waals surface area contributed by atoms with E-state index in [9.17, 15) is 20.0 Å². The van der Waals surface area contributed by atoms with Gasteiger partial charge in [0.25, 0.3) is 0 Å². The maximum atomic E-state index is 11.3. The molecule has 0 spiro atoms. The van der Waals surface area contributed by atoms with Crippen molar-refractivity contribution in [2.45, 2.75) is 0 Å². The van der Waals surface area contributed by atoms with Gasteiger partial charge in [-0.1, -0.05) is 0 Å². The molecule has 0 unspecified atom stereocenters. The SMILES string of the molecule is COC(=O)c1ccc(O)c(OC)c1[N+](=O)[O-]. The molecule has 16 heavy (non-hydrogen) atoms. The van der Waals surface area contributed by atoms with E-state index in [1.807, 2.05) is 0 Å². The van der Waals surface area contributed by atoms with Crippen molar-refractivity contribution in [1.82, 2.24) is 0 Å². The normalized spacial score (nSPS) is 9.62. The van der Waals surface area contributed by atoms with Crippen LogP contribution >= 0.6 is 0 Å². The van der Waals surface area contributed by atoms with Crippen molar-refractivity contribution in [3.05, 3.63) is 27.8 Å². The van der Waals surface area contributed by atoms with Gasteiger partial charge in [-0.3, -0.25) is 10.1 Å². The van der Waals surface area contributed by atoms with E-state index in [-0.39, 0.29) is 11.3 Å². The maximum absolute atomic E-state index is 11.3. The second-order valence-electron chi connectivity index (χ2n) is 2.76. The largest absolute Gasteiger partial charge is 0.504 e. The average molecular weight is 227 g/mol. The Kier molecular flexibility index (Phi) is 3.29. The first-order chi connectivity index (χ1) is 7.52. The molecule has 0 heterocycles. The number of rotatable bonds is 3. The van der Waals surface area contributed by atoms with E-state index in [1.165, 1.54) is 0 Å². The second-order valence-corrected chi connectivity index (χ2v) is 2.76. The van der Waals surface area contributed by atoms with E-state index in [0.29, 0.717) is 0 Å². The Bertz CT molecular complexity index is 442. The number of hydrogen-bond acceptors (Lipinski definition) is 6. The summed E-state index contributed by atoms with van der Waals surface area (Å²) in [6.07, 6.45) is 0. The third-order valence-electron chi connectivity index (χ3n) is 1.90. The van der Waals surface area contributed by atoms with E-state index >= 15 is 0 Å². The molecule has 0 aliphatic heterocycles. The minimum Gasteiger partial charge on any atom is -0.504 e. The van der Waals surface area contributed by atoms with Gasteiger partial charge < -0.3 is 14.6 Å². The summed E-state index contributed by atoms with van der Waals surface area (Å²) in [5.74, 6) is -1.65. The summed E-state index contributed by atoms with van der Waals surface area (Å²) < 4.78 is 9.06. The number of nitrogens with zero attached hydrogens (tertiary/aromatic N) is 1. The fourth-order valence-electron chi connectivity index (χ4n) is 1.22. The van der Waals surface area contributed by atoms with Crippen LogP contribution in [0.1, 0.15) is 10.4 Å². The van der Waals surface area contributed by atoms with Gasteiger partial charge in [-0.2, -0.15) is 0 Å². The van der Waals surface area contributed by atoms with E-state index in [2.05, 4.69) is 9.47 Å². The Labute approximate surface area is 90.4 Å². The van der Waals surface area contributed by atoms with Crippen molar-refractivity contribution in [2.75, 3.05) is 14.2 Å². The molecule has 0 saturated carbocycles. The molecule has 1 N–H and O–H groups in total. The Morgan fingerprint density at radius 3 is 2.50 bits per heavy atom. The van der Waals surface area contributed by atoms with E-state index in [1.54, 1.807) is 0 Å². The lowest BCUT2D eigenvalue weighted by Gasteiger charge is -2.07. The van der Waals surface area contributed by atoms with Crippen LogP contribution in [0.15, 0.2) is 12.1 Å². The van der Waals surface area contributed by atoms with Crippen LogP contribution in [0.3, 0.4) is 0 Å². The summed E-state index contributed by atoms with van der Waals surface area (Å²) >= 11 is 0. The van der Waals surface area contributed by atoms with E-state index in [4.69, 9.17) is 0 Å². The van der Waals surface area contributed by atoms with Gasteiger partial charge in [0.1, 0.15) is 5.56 Å². The third kappa shape index (κ3) is 1.88. The number of hydrogen-bond donors (Lipinski definition) is 1. The number of carbonyl (C=O) groups is 1. The van der Waals surface area contributed by atoms with Crippen LogP contribution in [0.25, 0.3) is 0 Å². The quantitative estimate of drug-likeness (QED) is 0.471. The monoisotopic (exact) mass is 227 g/mol. The topological polar surface area (TPSA) is 98.9 Å². The molecular formula is C9H9NO6. The fourth-order valence-corrected chi connectivity index (χ4v) is 1.22. The van der Waals surface area contributed by atoms with E-state index in [0.717, 1.165) is 26.4 Å². The molecule has 0 fully saturated rings. The number of benzene rings is 1. The molecule has 0 aliphatic rings. The number of methoxy groups -OCH3 is 2. The maximum Gasteiger partial charge on any atom is 0.345 e. The molecular weight excluding hydrogens is 218 g/mol. The first-order valence-electron chi connectivity index (χ1n) is 4.15. The number of aromatic hydroxyl groups is 1. The van der Waals surface area contributed by atoms with Crippen molar-refractivity contribution < 1.29 is 24.3 Å². The third-order valence-corrected chi connectivity index (χ3v) is 1.90. The van der Waals surface area contributed by atoms with Crippen molar-refractivity contribution in [3.63, 3.8) is 0 Å². The molecule has 1 aromatic rings. The summed E-state index contributed by atoms with van der Waals surface area (Å²) in [7, 11) is 2.26. The highest BCUT2D eigenvalue weighted by molar-refractivity contribution is 5.95. The Morgan fingerprint density at radius 1 is 1.44 bits per heavy atom. The molecule has 1 aromatic carbocycles. The molecule has 86 valence electrons. The van der Waals surface area contributed by atoms with Gasteiger partial charge in [-0.15, -0.1) is 0 Å². The molecule has 0 aromatic heterocycles. The summed E-state index contributed by atoms with van der Waals surface area (Å²) in [4.78, 5) is 21.2. The molecule has 0 aliphatic carbocycles. The van der Waals surface area contributed by atoms with Crippen LogP contribution in [-0.2, 0) is 4.74 Å². The molecule has 0 radical (unpaired) electrons. The number of carbonyl (C=O) groups excluding carboxylic acids is 1. The Morgan fingerprint density at radius 2 is 2.06 bits per heavy atom. The lowest BCUT2D eigenvalue weighted by atomic mass is 10.1. The van der Waals surface area contributed by atoms with Gasteiger partial charge >= 0.3 is 11.7 Å². The average Bonchev–Trinajstić information content (AvgIpc) is 2.27. The van der Waals surface area contributed by atoms with Crippen molar-refractivity contribution >= 4 is 11.7 Å². The highest BCUT2D eigenvalue weighted by Crippen LogP contribution is 2.38. The molecule has 1 rings (SSSR count). The Balaban J connectivity index is 3.51. The summed E-state index contributed by atoms with van der Waals surface area (Å²) in [6, 6.07) is 2.22. The van der Waals surface area contributed by atoms with Crippen LogP contribution in [-0.4, -0.2) is 30.2 Å². The highest BCUT2D eigenvalue weighted by atomic mass is 16.6. The molecule has 0 bridgehead atoms. The highest BCUT2D eigenvalue weighted by Gasteiger charge is 2.28. The van der Waals surface area contributed by atoms with Crippen molar-refractivity contribution in [1.29, 1.82) is 0 Å². The van der Waals surface area contributed by atoms with Gasteiger partial charge in [0, 0.05) is 0 Å². The van der Waals surface area contributed by atoms with Gasteiger partial charge in [0.15, 0.2) is 5.75 Å². The van der Waals surface area contributed by atoms with E-state index < -0.39 is 22.3 Å². The number of esters is 1. The molecule has 0 saturated heterocycles. The first-order valence-corrected chi connectivity index (χ1v) is 4.15. The van der Waals surface area contributed by atoms with Crippen LogP contribution in [0.5, 0.6) is 11.5 Å². The summed E-state index contributed by atoms with van der Waals surface area (Å²) in [5.41, 5.74) is -0.892. The Hall–Kier alpha value is -2.31. The van der Waals surface area contributed by atoms with Gasteiger partial charge in [-0.05, 0) is 12.1 Å². The smallest absolute Gasteiger partial charge is 0.345 e. The number of nitro benzene ring substituents is 1. The number of ether oxygens (including phenoxy) is 2. The fraction of sp³-hybridized carbons (Fsp3) is 0.222. The lowest BCUT2D eigenvalue weighted by Crippen LogP contribution is -2.07. The number of nitro groups is 1. The van der Waals surface area contributed by atoms with Crippen LogP contribution < -0.4 is 4.74 Å². The first kappa shape index (κ1) is 11.8. The minimum absolute atomic E-state index is 0.276. The zero-order valence-corrected chi connectivity index (χ0v) is 8.59. The predicted molar refractivity (Wildman–Crippen MR) is 52.7 cm³/mol. The van der Waals surface area contributed by atoms with Crippen LogP contribution in [0.4, 0.5) is 5.69 Å². The van der Waals surface area contributed by atoms with Crippen LogP contribution in [0.2, 0.25) is 0 Å². The van der Waals surface area contributed by atoms with Crippen molar-refractivity contribution in [2.24, 2.45) is 0 Å². The summed E-state index contributed by atoms with van der Waals surface area (Å²) in [6.45, 7) is 0. The predicted octanol–water partition coefficient (Wildman–Crippen LogP) is 1.10. The second kappa shape index (κ2) is 4.47. The molecule has 0 atom stereocenters. The minimum atomic E-state index is -0.870. The lowest BCUT2D eigenvalue weighted by molar-refractivity contribution is -0.386. The molecule has 7 heteroatoms. The van der Waals surface area contributed by atoms with Gasteiger partial charge in [-0.25, -0.2) is 4.79 Å². The zero-order valence-electron chi connectivity index (χ0n) is 8.59. The zero-order chi connectivity index (χ0) is 12.3. The standard InChI is InChI=1S/C9H9NO6/c1-15-8-6(11)4-3-5(9(12)16-2)7(8)10(13)14/h3-4,11H,1-2H3. The summed E-state index contributed by atoms with van der Waals surface area (Å²) in [5, 5.41) is 20.1. The molecule has 7 nitrogen and oxygen atoms in total. The molecule has 0 amide bonds. The number of phenols is 1. The van der Waals surface area contributed by atoms with Crippen LogP contribution in [0, 0.1) is 10.1 Å². The van der Waals surface area contributed by atoms with Gasteiger partial charge in [0.2, 0.25) is 5.75 Å². The van der Waals surface area contributed by atoms with Crippen molar-refractivity contribution in [3.8, 4) is 11.5 Å². The van der Waals surface area contributed by atoms with Gasteiger partial charge in [0.05, 0.1) is 19.1 Å². The number of phenolic OH excluding ortho intramolecular Hbond substituents is 1.